The number of nitrogens with zero attached hydrogens (tertiary/aromatic N) is 3. The van der Waals surface area contributed by atoms with E-state index in [0.717, 1.165) is 23.6 Å². The lowest BCUT2D eigenvalue weighted by Crippen LogP contribution is -2.44. The first-order valence-corrected chi connectivity index (χ1v) is 7.60. The minimum absolute atomic E-state index is 0.0636. The van der Waals surface area contributed by atoms with Gasteiger partial charge in [-0.2, -0.15) is 0 Å². The SMILES string of the molecule is O=C(O)N1CCC[C@@H](Nc2nnc(Br)c3ccccc23)C1. The number of likely N-dealkylation sites (tertiary alicyclic amines) is 1. The zero-order valence-electron chi connectivity index (χ0n) is 11.3. The van der Waals surface area contributed by atoms with Crippen molar-refractivity contribution in [1.29, 1.82) is 0 Å². The third-order valence-corrected chi connectivity index (χ3v) is 4.26. The maximum absolute atomic E-state index is 11.1. The highest BCUT2D eigenvalue weighted by Crippen LogP contribution is 2.27. The molecule has 0 radical (unpaired) electrons. The molecule has 0 spiro atoms. The van der Waals surface area contributed by atoms with E-state index in [1.54, 1.807) is 0 Å². The van der Waals surface area contributed by atoms with Crippen molar-refractivity contribution in [3.8, 4) is 0 Å². The second-order valence-electron chi connectivity index (χ2n) is 5.10. The number of rotatable bonds is 2. The molecular formula is C14H15BrN4O2. The van der Waals surface area contributed by atoms with Gasteiger partial charge in [-0.05, 0) is 28.8 Å². The largest absolute Gasteiger partial charge is 0.465 e. The fourth-order valence-electron chi connectivity index (χ4n) is 2.64. The molecule has 1 amide bonds. The predicted octanol–water partition coefficient (Wildman–Crippen LogP) is 2.95. The van der Waals surface area contributed by atoms with Crippen molar-refractivity contribution < 1.29 is 9.90 Å². The van der Waals surface area contributed by atoms with Crippen molar-refractivity contribution in [3.63, 3.8) is 0 Å². The standard InChI is InChI=1S/C14H15BrN4O2/c15-12-10-5-1-2-6-11(10)13(18-17-12)16-9-4-3-7-19(8-9)14(20)21/h1-2,5-6,9H,3-4,7-8H2,(H,16,18)(H,20,21)/t9-/m1/s1. The van der Waals surface area contributed by atoms with Crippen LogP contribution in [0.5, 0.6) is 0 Å². The summed E-state index contributed by atoms with van der Waals surface area (Å²) in [7, 11) is 0. The lowest BCUT2D eigenvalue weighted by atomic mass is 10.1. The van der Waals surface area contributed by atoms with Crippen molar-refractivity contribution in [3.05, 3.63) is 28.9 Å². The lowest BCUT2D eigenvalue weighted by Gasteiger charge is -2.31. The van der Waals surface area contributed by atoms with Crippen LogP contribution in [0.1, 0.15) is 12.8 Å². The summed E-state index contributed by atoms with van der Waals surface area (Å²) >= 11 is 3.40. The first-order chi connectivity index (χ1) is 10.1. The molecule has 110 valence electrons. The quantitative estimate of drug-likeness (QED) is 0.870. The van der Waals surface area contributed by atoms with E-state index in [1.165, 1.54) is 4.90 Å². The Morgan fingerprint density at radius 2 is 2.10 bits per heavy atom. The van der Waals surface area contributed by atoms with Crippen molar-refractivity contribution in [2.45, 2.75) is 18.9 Å². The maximum atomic E-state index is 11.1. The summed E-state index contributed by atoms with van der Waals surface area (Å²) in [5, 5.41) is 22.7. The van der Waals surface area contributed by atoms with E-state index in [9.17, 15) is 4.79 Å². The number of halogens is 1. The second kappa shape index (κ2) is 5.85. The Morgan fingerprint density at radius 3 is 2.86 bits per heavy atom. The number of piperidine rings is 1. The number of carboxylic acid groups (broad SMARTS) is 1. The number of carbonyl (C=O) groups is 1. The fourth-order valence-corrected chi connectivity index (χ4v) is 3.06. The number of hydrogen-bond acceptors (Lipinski definition) is 4. The van der Waals surface area contributed by atoms with E-state index < -0.39 is 6.09 Å². The van der Waals surface area contributed by atoms with Crippen LogP contribution in [0.25, 0.3) is 10.8 Å². The van der Waals surface area contributed by atoms with E-state index >= 15 is 0 Å². The summed E-state index contributed by atoms with van der Waals surface area (Å²) in [6.07, 6.45) is 0.912. The third kappa shape index (κ3) is 2.92. The molecule has 1 fully saturated rings. The third-order valence-electron chi connectivity index (χ3n) is 3.67. The highest BCUT2D eigenvalue weighted by Gasteiger charge is 2.23. The molecule has 21 heavy (non-hydrogen) atoms. The number of anilines is 1. The second-order valence-corrected chi connectivity index (χ2v) is 5.85. The molecule has 0 unspecified atom stereocenters. The van der Waals surface area contributed by atoms with Gasteiger partial charge in [0, 0.05) is 29.9 Å². The normalized spacial score (nSPS) is 18.7. The van der Waals surface area contributed by atoms with Crippen LogP contribution in [0.15, 0.2) is 28.9 Å². The Morgan fingerprint density at radius 1 is 1.33 bits per heavy atom. The smallest absolute Gasteiger partial charge is 0.407 e. The lowest BCUT2D eigenvalue weighted by molar-refractivity contribution is 0.133. The Bertz CT molecular complexity index is 679. The monoisotopic (exact) mass is 350 g/mol. The van der Waals surface area contributed by atoms with E-state index in [0.29, 0.717) is 23.5 Å². The Labute approximate surface area is 130 Å². The zero-order chi connectivity index (χ0) is 14.8. The number of fused-ring (bicyclic) bond motifs is 1. The van der Waals surface area contributed by atoms with Gasteiger partial charge in [0.1, 0.15) is 4.60 Å². The summed E-state index contributed by atoms with van der Waals surface area (Å²) in [5.74, 6) is 0.700. The molecule has 2 heterocycles. The average Bonchev–Trinajstić information content (AvgIpc) is 2.51. The van der Waals surface area contributed by atoms with Crippen LogP contribution in [0.2, 0.25) is 0 Å². The van der Waals surface area contributed by atoms with Crippen molar-refractivity contribution in [1.82, 2.24) is 15.1 Å². The minimum atomic E-state index is -0.867. The van der Waals surface area contributed by atoms with Crippen LogP contribution in [-0.2, 0) is 0 Å². The van der Waals surface area contributed by atoms with Gasteiger partial charge >= 0.3 is 6.09 Å². The van der Waals surface area contributed by atoms with Gasteiger partial charge in [0.25, 0.3) is 0 Å². The molecular weight excluding hydrogens is 336 g/mol. The van der Waals surface area contributed by atoms with Gasteiger partial charge in [-0.1, -0.05) is 24.3 Å². The van der Waals surface area contributed by atoms with Crippen LogP contribution in [0, 0.1) is 0 Å². The van der Waals surface area contributed by atoms with Gasteiger partial charge in [0.2, 0.25) is 0 Å². The molecule has 7 heteroatoms. The highest BCUT2D eigenvalue weighted by atomic mass is 79.9. The van der Waals surface area contributed by atoms with E-state index in [4.69, 9.17) is 5.11 Å². The Balaban J connectivity index is 1.85. The topological polar surface area (TPSA) is 78.4 Å². The number of nitrogens with one attached hydrogen (secondary N) is 1. The van der Waals surface area contributed by atoms with Crippen LogP contribution in [0.3, 0.4) is 0 Å². The number of aromatic nitrogens is 2. The molecule has 1 aliphatic heterocycles. The summed E-state index contributed by atoms with van der Waals surface area (Å²) in [6, 6.07) is 7.92. The van der Waals surface area contributed by atoms with Crippen molar-refractivity contribution in [2.24, 2.45) is 0 Å². The zero-order valence-corrected chi connectivity index (χ0v) is 12.9. The summed E-state index contributed by atoms with van der Waals surface area (Å²) in [4.78, 5) is 12.5. The Kier molecular flexibility index (Phi) is 3.92. The average molecular weight is 351 g/mol. The maximum Gasteiger partial charge on any atom is 0.407 e. The summed E-state index contributed by atoms with van der Waals surface area (Å²) < 4.78 is 0.708. The van der Waals surface area contributed by atoms with E-state index in [-0.39, 0.29) is 6.04 Å². The molecule has 1 atom stereocenters. The first-order valence-electron chi connectivity index (χ1n) is 6.80. The molecule has 1 aromatic carbocycles. The molecule has 3 rings (SSSR count). The van der Waals surface area contributed by atoms with E-state index in [1.807, 2.05) is 24.3 Å². The van der Waals surface area contributed by atoms with Gasteiger partial charge in [-0.3, -0.25) is 0 Å². The van der Waals surface area contributed by atoms with Crippen molar-refractivity contribution in [2.75, 3.05) is 18.4 Å². The number of hydrogen-bond donors (Lipinski definition) is 2. The van der Waals surface area contributed by atoms with Crippen LogP contribution in [-0.4, -0.2) is 45.4 Å². The van der Waals surface area contributed by atoms with Gasteiger partial charge in [-0.25, -0.2) is 4.79 Å². The summed E-state index contributed by atoms with van der Waals surface area (Å²) in [6.45, 7) is 1.07. The fraction of sp³-hybridized carbons (Fsp3) is 0.357. The molecule has 6 nitrogen and oxygen atoms in total. The highest BCUT2D eigenvalue weighted by molar-refractivity contribution is 9.10. The molecule has 0 saturated carbocycles. The molecule has 1 aliphatic rings. The predicted molar refractivity (Wildman–Crippen MR) is 83.5 cm³/mol. The van der Waals surface area contributed by atoms with Gasteiger partial charge < -0.3 is 15.3 Å². The molecule has 2 aromatic rings. The van der Waals surface area contributed by atoms with Gasteiger partial charge in [0.15, 0.2) is 5.82 Å². The molecule has 1 saturated heterocycles. The molecule has 1 aromatic heterocycles. The molecule has 0 bridgehead atoms. The van der Waals surface area contributed by atoms with Crippen LogP contribution < -0.4 is 5.32 Å². The number of amides is 1. The molecule has 2 N–H and O–H groups in total. The first kappa shape index (κ1) is 14.1. The van der Waals surface area contributed by atoms with E-state index in [2.05, 4.69) is 31.4 Å². The van der Waals surface area contributed by atoms with Crippen LogP contribution in [0.4, 0.5) is 10.6 Å². The van der Waals surface area contributed by atoms with Crippen LogP contribution >= 0.6 is 15.9 Å². The minimum Gasteiger partial charge on any atom is -0.465 e. The van der Waals surface area contributed by atoms with Gasteiger partial charge in [-0.15, -0.1) is 10.2 Å². The summed E-state index contributed by atoms with van der Waals surface area (Å²) in [5.41, 5.74) is 0. The Hall–Kier alpha value is -1.89. The van der Waals surface area contributed by atoms with Crippen molar-refractivity contribution >= 4 is 38.6 Å². The molecule has 0 aliphatic carbocycles. The van der Waals surface area contributed by atoms with Gasteiger partial charge in [0.05, 0.1) is 0 Å². The number of benzene rings is 1.